The molecule has 0 bridgehead atoms. The number of nitrogens with zero attached hydrogens (tertiary/aromatic N) is 3. The summed E-state index contributed by atoms with van der Waals surface area (Å²) in [5, 5.41) is 10.2. The summed E-state index contributed by atoms with van der Waals surface area (Å²) in [5.74, 6) is 0.00859. The summed E-state index contributed by atoms with van der Waals surface area (Å²) in [6.45, 7) is 4.40. The van der Waals surface area contributed by atoms with Crippen molar-refractivity contribution in [1.29, 1.82) is 0 Å². The van der Waals surface area contributed by atoms with E-state index in [1.165, 1.54) is 11.1 Å². The van der Waals surface area contributed by atoms with E-state index in [-0.39, 0.29) is 11.8 Å². The molecule has 1 N–H and O–H groups in total. The van der Waals surface area contributed by atoms with Crippen LogP contribution in [0.25, 0.3) is 0 Å². The van der Waals surface area contributed by atoms with Gasteiger partial charge in [0.05, 0.1) is 17.6 Å². The Morgan fingerprint density at radius 1 is 1.41 bits per heavy atom. The smallest absolute Gasteiger partial charge is 0.292 e. The van der Waals surface area contributed by atoms with Crippen molar-refractivity contribution in [1.82, 2.24) is 15.5 Å². The second kappa shape index (κ2) is 4.48. The zero-order valence-corrected chi connectivity index (χ0v) is 9.80. The molecule has 6 nitrogen and oxygen atoms in total. The molecule has 0 aliphatic carbocycles. The molecule has 17 heavy (non-hydrogen) atoms. The molecule has 0 spiro atoms. The van der Waals surface area contributed by atoms with Gasteiger partial charge in [-0.25, -0.2) is 4.79 Å². The monoisotopic (exact) mass is 234 g/mol. The Hall–Kier alpha value is -1.98. The average Bonchev–Trinajstić information content (AvgIpc) is 2.29. The molecule has 0 unspecified atom stereocenters. The van der Waals surface area contributed by atoms with Crippen LogP contribution in [0.1, 0.15) is 31.9 Å². The van der Waals surface area contributed by atoms with Crippen LogP contribution in [0, 0.1) is 0 Å². The van der Waals surface area contributed by atoms with Gasteiger partial charge in [0.15, 0.2) is 0 Å². The summed E-state index contributed by atoms with van der Waals surface area (Å²) in [4.78, 5) is 24.2. The van der Waals surface area contributed by atoms with Crippen LogP contribution in [0.4, 0.5) is 10.5 Å². The fraction of sp³-hybridized carbons (Fsp3) is 0.455. The molecule has 6 heteroatoms. The molecule has 90 valence electrons. The van der Waals surface area contributed by atoms with Gasteiger partial charge in [0.25, 0.3) is 0 Å². The Labute approximate surface area is 99.0 Å². The maximum atomic E-state index is 11.6. The molecule has 1 aromatic rings. The molecule has 0 atom stereocenters. The summed E-state index contributed by atoms with van der Waals surface area (Å²) < 4.78 is 0. The molecule has 2 heterocycles. The molecule has 0 saturated carbocycles. The van der Waals surface area contributed by atoms with Gasteiger partial charge < -0.3 is 0 Å². The van der Waals surface area contributed by atoms with Crippen LogP contribution in [-0.2, 0) is 4.79 Å². The van der Waals surface area contributed by atoms with Crippen LogP contribution >= 0.6 is 0 Å². The summed E-state index contributed by atoms with van der Waals surface area (Å²) in [6, 6.07) is 1.43. The topological polar surface area (TPSA) is 75.2 Å². The van der Waals surface area contributed by atoms with E-state index in [2.05, 4.69) is 15.5 Å². The number of urea groups is 1. The van der Waals surface area contributed by atoms with E-state index < -0.39 is 6.03 Å². The molecule has 2 rings (SSSR count). The van der Waals surface area contributed by atoms with Gasteiger partial charge >= 0.3 is 6.03 Å². The molecule has 1 fully saturated rings. The maximum absolute atomic E-state index is 11.6. The second-order valence-corrected chi connectivity index (χ2v) is 4.25. The first-order valence-electron chi connectivity index (χ1n) is 5.52. The molecule has 1 aliphatic heterocycles. The first kappa shape index (κ1) is 11.5. The standard InChI is InChI=1S/C11H14N4O2/c1-7(2)9-5-8(6-12-14-9)15-4-3-10(16)13-11(15)17/h5-7H,3-4H2,1-2H3,(H,13,16,17). The Kier molecular flexibility index (Phi) is 3.03. The molecule has 1 aromatic heterocycles. The lowest BCUT2D eigenvalue weighted by molar-refractivity contribution is -0.120. The lowest BCUT2D eigenvalue weighted by Crippen LogP contribution is -2.49. The van der Waals surface area contributed by atoms with Gasteiger partial charge in [-0.3, -0.25) is 15.0 Å². The zero-order valence-electron chi connectivity index (χ0n) is 9.80. The minimum Gasteiger partial charge on any atom is -0.292 e. The third-order valence-corrected chi connectivity index (χ3v) is 2.62. The number of anilines is 1. The minimum atomic E-state index is -0.399. The molecule has 0 aromatic carbocycles. The van der Waals surface area contributed by atoms with Crippen LogP contribution in [-0.4, -0.2) is 28.7 Å². The van der Waals surface area contributed by atoms with Gasteiger partial charge in [0, 0.05) is 13.0 Å². The van der Waals surface area contributed by atoms with Gasteiger partial charge in [0.1, 0.15) is 0 Å². The van der Waals surface area contributed by atoms with Crippen molar-refractivity contribution >= 4 is 17.6 Å². The van der Waals surface area contributed by atoms with Gasteiger partial charge in [-0.2, -0.15) is 10.2 Å². The summed E-state index contributed by atoms with van der Waals surface area (Å²) in [5.41, 5.74) is 1.50. The van der Waals surface area contributed by atoms with Crippen LogP contribution in [0.2, 0.25) is 0 Å². The Morgan fingerprint density at radius 2 is 2.18 bits per heavy atom. The van der Waals surface area contributed by atoms with E-state index >= 15 is 0 Å². The fourth-order valence-corrected chi connectivity index (χ4v) is 1.61. The predicted octanol–water partition coefficient (Wildman–Crippen LogP) is 1.05. The number of nitrogens with one attached hydrogen (secondary N) is 1. The summed E-state index contributed by atoms with van der Waals surface area (Å²) >= 11 is 0. The number of hydrogen-bond acceptors (Lipinski definition) is 4. The predicted molar refractivity (Wildman–Crippen MR) is 61.6 cm³/mol. The zero-order chi connectivity index (χ0) is 12.4. The van der Waals surface area contributed by atoms with Crippen LogP contribution < -0.4 is 10.2 Å². The molecule has 1 saturated heterocycles. The molecular weight excluding hydrogens is 220 g/mol. The second-order valence-electron chi connectivity index (χ2n) is 4.25. The fourth-order valence-electron chi connectivity index (χ4n) is 1.61. The van der Waals surface area contributed by atoms with Crippen molar-refractivity contribution in [3.05, 3.63) is 18.0 Å². The van der Waals surface area contributed by atoms with E-state index in [1.54, 1.807) is 0 Å². The van der Waals surface area contributed by atoms with Crippen molar-refractivity contribution in [3.63, 3.8) is 0 Å². The number of rotatable bonds is 2. The van der Waals surface area contributed by atoms with E-state index in [0.29, 0.717) is 18.7 Å². The maximum Gasteiger partial charge on any atom is 0.328 e. The summed E-state index contributed by atoms with van der Waals surface area (Å²) in [7, 11) is 0. The number of carbonyl (C=O) groups excluding carboxylic acids is 2. The Morgan fingerprint density at radius 3 is 2.82 bits per heavy atom. The largest absolute Gasteiger partial charge is 0.328 e. The van der Waals surface area contributed by atoms with Crippen LogP contribution in [0.15, 0.2) is 12.3 Å². The first-order chi connectivity index (χ1) is 8.08. The van der Waals surface area contributed by atoms with Gasteiger partial charge in [-0.05, 0) is 12.0 Å². The quantitative estimate of drug-likeness (QED) is 0.829. The first-order valence-corrected chi connectivity index (χ1v) is 5.52. The van der Waals surface area contributed by atoms with Gasteiger partial charge in [-0.15, -0.1) is 0 Å². The van der Waals surface area contributed by atoms with Crippen molar-refractivity contribution in [2.24, 2.45) is 0 Å². The Bertz CT molecular complexity index is 459. The average molecular weight is 234 g/mol. The summed E-state index contributed by atoms with van der Waals surface area (Å²) in [6.07, 6.45) is 1.84. The number of imide groups is 1. The highest BCUT2D eigenvalue weighted by atomic mass is 16.2. The normalized spacial score (nSPS) is 16.3. The highest BCUT2D eigenvalue weighted by Crippen LogP contribution is 2.19. The highest BCUT2D eigenvalue weighted by molar-refractivity contribution is 6.05. The molecule has 3 amide bonds. The van der Waals surface area contributed by atoms with E-state index in [9.17, 15) is 9.59 Å². The molecule has 1 aliphatic rings. The van der Waals surface area contributed by atoms with E-state index in [1.807, 2.05) is 19.9 Å². The van der Waals surface area contributed by atoms with Crippen molar-refractivity contribution in [2.45, 2.75) is 26.2 Å². The number of hydrogen-bond donors (Lipinski definition) is 1. The van der Waals surface area contributed by atoms with Crippen LogP contribution in [0.3, 0.4) is 0 Å². The Balaban J connectivity index is 2.25. The van der Waals surface area contributed by atoms with Gasteiger partial charge in [0.2, 0.25) is 5.91 Å². The minimum absolute atomic E-state index is 0.239. The van der Waals surface area contributed by atoms with Gasteiger partial charge in [-0.1, -0.05) is 13.8 Å². The number of amides is 3. The van der Waals surface area contributed by atoms with Crippen molar-refractivity contribution < 1.29 is 9.59 Å². The molecule has 0 radical (unpaired) electrons. The van der Waals surface area contributed by atoms with Crippen LogP contribution in [0.5, 0.6) is 0 Å². The lowest BCUT2D eigenvalue weighted by Gasteiger charge is -2.26. The number of aromatic nitrogens is 2. The van der Waals surface area contributed by atoms with E-state index in [4.69, 9.17) is 0 Å². The van der Waals surface area contributed by atoms with Crippen molar-refractivity contribution in [2.75, 3.05) is 11.4 Å². The third-order valence-electron chi connectivity index (χ3n) is 2.62. The lowest BCUT2D eigenvalue weighted by atomic mass is 10.1. The third kappa shape index (κ3) is 2.41. The highest BCUT2D eigenvalue weighted by Gasteiger charge is 2.24. The molecular formula is C11H14N4O2. The van der Waals surface area contributed by atoms with Crippen molar-refractivity contribution in [3.8, 4) is 0 Å². The SMILES string of the molecule is CC(C)c1cc(N2CCC(=O)NC2=O)cnn1. The van der Waals surface area contributed by atoms with E-state index in [0.717, 1.165) is 5.69 Å². The number of carbonyl (C=O) groups is 2.